The third-order valence-electron chi connectivity index (χ3n) is 10.2. The quantitative estimate of drug-likeness (QED) is 0.0843. The smallest absolute Gasteiger partial charge is 0.366 e. The van der Waals surface area contributed by atoms with Gasteiger partial charge < -0.3 is 27.0 Å². The Morgan fingerprint density at radius 2 is 1.17 bits per heavy atom. The molecule has 0 aromatic heterocycles. The molecule has 0 unspecified atom stereocenters. The number of carbonyl (C=O) groups is 3. The van der Waals surface area contributed by atoms with Crippen molar-refractivity contribution in [3.63, 3.8) is 0 Å². The lowest BCUT2D eigenvalue weighted by Crippen LogP contribution is -2.51. The van der Waals surface area contributed by atoms with Crippen LogP contribution >= 0.6 is 11.6 Å². The molecule has 16 heteroatoms. The second-order valence-electron chi connectivity index (χ2n) is 14.5. The summed E-state index contributed by atoms with van der Waals surface area (Å²) in [5.74, 6) is -1.42. The van der Waals surface area contributed by atoms with Crippen LogP contribution in [-0.2, 0) is 23.7 Å². The van der Waals surface area contributed by atoms with Crippen molar-refractivity contribution in [3.8, 4) is 0 Å². The second kappa shape index (κ2) is 18.9. The van der Waals surface area contributed by atoms with Gasteiger partial charge in [-0.1, -0.05) is 60.1 Å². The molecule has 0 saturated carbocycles. The van der Waals surface area contributed by atoms with Crippen molar-refractivity contribution < 1.29 is 40.7 Å². The molecule has 3 atom stereocenters. The predicted octanol–water partition coefficient (Wildman–Crippen LogP) is 9.69. The van der Waals surface area contributed by atoms with Crippen molar-refractivity contribution in [2.45, 2.75) is 62.7 Å². The number of para-hydroxylation sites is 2. The second-order valence-corrected chi connectivity index (χ2v) is 14.9. The van der Waals surface area contributed by atoms with Crippen molar-refractivity contribution in [2.75, 3.05) is 17.2 Å². The summed E-state index contributed by atoms with van der Waals surface area (Å²) in [5.41, 5.74) is 6.43. The number of carbonyl (C=O) groups excluding carboxylic acids is 3. The van der Waals surface area contributed by atoms with Gasteiger partial charge in [-0.2, -0.15) is 26.3 Å². The molecular formula is C44H41ClF6N6O3. The monoisotopic (exact) mass is 850 g/mol. The summed E-state index contributed by atoms with van der Waals surface area (Å²) >= 11 is 6.01. The molecule has 2 bridgehead atoms. The van der Waals surface area contributed by atoms with Crippen molar-refractivity contribution >= 4 is 52.1 Å². The molecule has 2 aliphatic rings. The molecular weight excluding hydrogens is 810 g/mol. The van der Waals surface area contributed by atoms with E-state index in [1.165, 1.54) is 35.9 Å². The molecule has 2 saturated heterocycles. The minimum absolute atomic E-state index is 0.0400. The first-order valence-corrected chi connectivity index (χ1v) is 19.4. The normalized spacial score (nSPS) is 17.5. The van der Waals surface area contributed by atoms with Gasteiger partial charge in [0, 0.05) is 41.1 Å². The molecule has 2 fully saturated rings. The van der Waals surface area contributed by atoms with Crippen LogP contribution in [0.4, 0.5) is 49.1 Å². The van der Waals surface area contributed by atoms with E-state index in [0.29, 0.717) is 23.5 Å². The summed E-state index contributed by atoms with van der Waals surface area (Å²) in [4.78, 5) is 39.4. The number of piperidine rings is 1. The van der Waals surface area contributed by atoms with Gasteiger partial charge in [0.25, 0.3) is 11.8 Å². The number of anilines is 4. The van der Waals surface area contributed by atoms with E-state index in [1.54, 1.807) is 42.5 Å². The number of alkyl halides is 6. The first-order valence-electron chi connectivity index (χ1n) is 19.0. The van der Waals surface area contributed by atoms with Crippen LogP contribution in [0.3, 0.4) is 0 Å². The van der Waals surface area contributed by atoms with Gasteiger partial charge in [0.15, 0.2) is 0 Å². The molecule has 314 valence electrons. The van der Waals surface area contributed by atoms with Crippen LogP contribution in [0.5, 0.6) is 0 Å². The molecule has 9 nitrogen and oxygen atoms in total. The Labute approximate surface area is 347 Å². The number of rotatable bonds is 11. The number of primary amides is 1. The lowest BCUT2D eigenvalue weighted by atomic mass is 9.96. The van der Waals surface area contributed by atoms with E-state index < -0.39 is 35.3 Å². The summed E-state index contributed by atoms with van der Waals surface area (Å²) in [6.07, 6.45) is -5.00. The van der Waals surface area contributed by atoms with Crippen LogP contribution in [0.25, 0.3) is 0 Å². The standard InChI is InChI=1S/C30H30ClF3N4O2.C14H11F3N2O/c31-21-10-8-19(9-11-21)18-38-24-12-13-25(38)16-23(15-24)37-28(39)17-35-29(40)26-6-1-2-7-27(26)36-22-5-3-4-20(14-22)30(32,33)34;15-14(16,17)9-4-3-5-10(8-9)19-12-7-2-1-6-11(12)13(18)20/h1-11,14,23-25,36H,12-13,15-18H2,(H,35,40)(H,37,39);1-8,19H,(H2,18,20)/t23-,24-,25+;. The van der Waals surface area contributed by atoms with Crippen LogP contribution < -0.4 is 27.0 Å². The highest BCUT2D eigenvalue weighted by atomic mass is 35.5. The number of amides is 3. The highest BCUT2D eigenvalue weighted by Crippen LogP contribution is 2.37. The van der Waals surface area contributed by atoms with Gasteiger partial charge in [-0.05, 0) is 104 Å². The number of hydrogen-bond acceptors (Lipinski definition) is 6. The molecule has 0 aliphatic carbocycles. The molecule has 7 rings (SSSR count). The first-order chi connectivity index (χ1) is 28.5. The number of fused-ring (bicyclic) bond motifs is 2. The topological polar surface area (TPSA) is 129 Å². The van der Waals surface area contributed by atoms with Crippen LogP contribution in [0.15, 0.2) is 121 Å². The van der Waals surface area contributed by atoms with Gasteiger partial charge in [0.1, 0.15) is 0 Å². The van der Waals surface area contributed by atoms with Gasteiger partial charge in [0.2, 0.25) is 5.91 Å². The molecule has 2 aliphatic heterocycles. The fourth-order valence-corrected chi connectivity index (χ4v) is 7.57. The van der Waals surface area contributed by atoms with Crippen molar-refractivity contribution in [1.82, 2.24) is 15.5 Å². The van der Waals surface area contributed by atoms with E-state index in [9.17, 15) is 40.7 Å². The highest BCUT2D eigenvalue weighted by molar-refractivity contribution is 6.30. The number of nitrogens with two attached hydrogens (primary N) is 1. The number of nitrogens with zero attached hydrogens (tertiary/aromatic N) is 1. The van der Waals surface area contributed by atoms with Crippen LogP contribution in [0.1, 0.15) is 63.1 Å². The number of benzene rings is 5. The van der Waals surface area contributed by atoms with E-state index in [2.05, 4.69) is 26.2 Å². The minimum Gasteiger partial charge on any atom is -0.366 e. The third kappa shape index (κ3) is 11.6. The van der Waals surface area contributed by atoms with Gasteiger partial charge in [-0.15, -0.1) is 0 Å². The molecule has 60 heavy (non-hydrogen) atoms. The summed E-state index contributed by atoms with van der Waals surface area (Å²) in [5, 5.41) is 12.1. The Hall–Kier alpha value is -6.06. The number of hydrogen-bond donors (Lipinski definition) is 5. The average molecular weight is 851 g/mol. The fraction of sp³-hybridized carbons (Fsp3) is 0.250. The largest absolute Gasteiger partial charge is 0.416 e. The number of halogens is 7. The zero-order chi connectivity index (χ0) is 43.0. The van der Waals surface area contributed by atoms with E-state index in [4.69, 9.17) is 17.3 Å². The minimum atomic E-state index is -4.48. The summed E-state index contributed by atoms with van der Waals surface area (Å²) in [6.45, 7) is 0.661. The van der Waals surface area contributed by atoms with E-state index in [-0.39, 0.29) is 41.0 Å². The molecule has 6 N–H and O–H groups in total. The molecule has 2 heterocycles. The predicted molar refractivity (Wildman–Crippen MR) is 218 cm³/mol. The van der Waals surface area contributed by atoms with Crippen molar-refractivity contribution in [3.05, 3.63) is 154 Å². The van der Waals surface area contributed by atoms with Crippen LogP contribution in [-0.4, -0.2) is 47.3 Å². The Kier molecular flexibility index (Phi) is 13.7. The first kappa shape index (κ1) is 43.5. The van der Waals surface area contributed by atoms with Crippen molar-refractivity contribution in [1.29, 1.82) is 0 Å². The molecule has 0 spiro atoms. The summed E-state index contributed by atoms with van der Waals surface area (Å²) in [6, 6.07) is 31.0. The third-order valence-corrected chi connectivity index (χ3v) is 10.5. The van der Waals surface area contributed by atoms with Gasteiger partial charge >= 0.3 is 12.4 Å². The van der Waals surface area contributed by atoms with Crippen molar-refractivity contribution in [2.24, 2.45) is 5.73 Å². The fourth-order valence-electron chi connectivity index (χ4n) is 7.44. The molecule has 3 amide bonds. The Morgan fingerprint density at radius 3 is 1.68 bits per heavy atom. The molecule has 0 radical (unpaired) electrons. The zero-order valence-corrected chi connectivity index (χ0v) is 32.7. The van der Waals surface area contributed by atoms with Gasteiger partial charge in [0.05, 0.1) is 40.2 Å². The van der Waals surface area contributed by atoms with Crippen LogP contribution in [0.2, 0.25) is 5.02 Å². The van der Waals surface area contributed by atoms with Crippen LogP contribution in [0, 0.1) is 0 Å². The lowest BCUT2D eigenvalue weighted by molar-refractivity contribution is -0.138. The average Bonchev–Trinajstić information content (AvgIpc) is 3.43. The molecule has 5 aromatic carbocycles. The van der Waals surface area contributed by atoms with Gasteiger partial charge in [-0.25, -0.2) is 0 Å². The van der Waals surface area contributed by atoms with E-state index in [0.717, 1.165) is 61.5 Å². The van der Waals surface area contributed by atoms with E-state index >= 15 is 0 Å². The van der Waals surface area contributed by atoms with Gasteiger partial charge in [-0.3, -0.25) is 19.3 Å². The highest BCUT2D eigenvalue weighted by Gasteiger charge is 2.41. The van der Waals surface area contributed by atoms with E-state index in [1.807, 2.05) is 24.3 Å². The Balaban J connectivity index is 0.000000253. The zero-order valence-electron chi connectivity index (χ0n) is 31.9. The lowest BCUT2D eigenvalue weighted by Gasteiger charge is -2.39. The Bertz CT molecular complexity index is 2290. The maximum atomic E-state index is 13.1. The maximum absolute atomic E-state index is 13.1. The summed E-state index contributed by atoms with van der Waals surface area (Å²) < 4.78 is 77.1. The number of nitrogens with one attached hydrogen (secondary N) is 4. The maximum Gasteiger partial charge on any atom is 0.416 e. The molecule has 5 aromatic rings. The SMILES string of the molecule is NC(=O)c1ccccc1Nc1cccc(C(F)(F)F)c1.O=C(CNC(=O)c1ccccc1Nc1cccc(C(F)(F)F)c1)N[C@@H]1C[C@H]2CC[C@@H](C1)N2Cc1ccc(Cl)cc1. The Morgan fingerprint density at radius 1 is 0.667 bits per heavy atom. The summed E-state index contributed by atoms with van der Waals surface area (Å²) in [7, 11) is 0.